The Labute approximate surface area is 141 Å². The number of hydrogen-bond donors (Lipinski definition) is 2. The Hall–Kier alpha value is -1.82. The number of hydrogen-bond acceptors (Lipinski definition) is 10. The summed E-state index contributed by atoms with van der Waals surface area (Å²) in [5, 5.41) is 0. The SMILES string of the molecule is COc1nc(N)c2ncn(C3OC4COP(=O)(O)OC4C3OC)c2n1. The van der Waals surface area contributed by atoms with Gasteiger partial charge in [0, 0.05) is 7.11 Å². The summed E-state index contributed by atoms with van der Waals surface area (Å²) in [6.07, 6.45) is -1.29. The molecule has 0 saturated carbocycles. The average molecular weight is 373 g/mol. The van der Waals surface area contributed by atoms with Crippen molar-refractivity contribution >= 4 is 24.8 Å². The van der Waals surface area contributed by atoms with Crippen LogP contribution in [0, 0.1) is 0 Å². The Morgan fingerprint density at radius 1 is 1.44 bits per heavy atom. The maximum Gasteiger partial charge on any atom is 0.472 e. The van der Waals surface area contributed by atoms with Gasteiger partial charge in [-0.15, -0.1) is 0 Å². The number of rotatable bonds is 3. The molecule has 25 heavy (non-hydrogen) atoms. The van der Waals surface area contributed by atoms with E-state index in [0.717, 1.165) is 0 Å². The van der Waals surface area contributed by atoms with E-state index in [9.17, 15) is 9.46 Å². The summed E-state index contributed by atoms with van der Waals surface area (Å²) >= 11 is 0. The molecule has 136 valence electrons. The highest BCUT2D eigenvalue weighted by Gasteiger charge is 2.53. The number of aromatic nitrogens is 4. The second-order valence-corrected chi connectivity index (χ2v) is 6.93. The van der Waals surface area contributed by atoms with Crippen LogP contribution in [0.15, 0.2) is 6.33 Å². The predicted octanol–water partition coefficient (Wildman–Crippen LogP) is -0.155. The molecule has 0 bridgehead atoms. The van der Waals surface area contributed by atoms with Crippen molar-refractivity contribution in [3.05, 3.63) is 6.33 Å². The molecule has 4 rings (SSSR count). The van der Waals surface area contributed by atoms with E-state index in [2.05, 4.69) is 15.0 Å². The molecule has 2 saturated heterocycles. The molecule has 12 nitrogen and oxygen atoms in total. The molecular weight excluding hydrogens is 357 g/mol. The average Bonchev–Trinajstić information content (AvgIpc) is 3.14. The number of phosphoric acid groups is 1. The highest BCUT2D eigenvalue weighted by atomic mass is 31.2. The van der Waals surface area contributed by atoms with Crippen LogP contribution in [0.1, 0.15) is 6.23 Å². The van der Waals surface area contributed by atoms with Crippen LogP contribution < -0.4 is 10.5 Å². The molecule has 2 aliphatic rings. The molecular formula is C12H16N5O7P. The fraction of sp³-hybridized carbons (Fsp3) is 0.583. The number of methoxy groups -OCH3 is 2. The monoisotopic (exact) mass is 373 g/mol. The summed E-state index contributed by atoms with van der Waals surface area (Å²) in [5.41, 5.74) is 6.62. The summed E-state index contributed by atoms with van der Waals surface area (Å²) in [6, 6.07) is 0.0792. The number of nitrogens with zero attached hydrogens (tertiary/aromatic N) is 4. The lowest BCUT2D eigenvalue weighted by Gasteiger charge is -2.29. The maximum absolute atomic E-state index is 11.7. The van der Waals surface area contributed by atoms with Crippen molar-refractivity contribution in [2.75, 3.05) is 26.6 Å². The first-order valence-corrected chi connectivity index (χ1v) is 8.81. The van der Waals surface area contributed by atoms with Crippen molar-refractivity contribution in [2.24, 2.45) is 0 Å². The first-order valence-electron chi connectivity index (χ1n) is 7.31. The van der Waals surface area contributed by atoms with Crippen LogP contribution in [-0.2, 0) is 23.1 Å². The highest BCUT2D eigenvalue weighted by molar-refractivity contribution is 7.47. The van der Waals surface area contributed by atoms with E-state index in [1.807, 2.05) is 0 Å². The van der Waals surface area contributed by atoms with Crippen LogP contribution in [0.25, 0.3) is 11.2 Å². The lowest BCUT2D eigenvalue weighted by atomic mass is 10.1. The quantitative estimate of drug-likeness (QED) is 0.690. The molecule has 5 unspecified atom stereocenters. The van der Waals surface area contributed by atoms with E-state index < -0.39 is 32.4 Å². The number of fused-ring (bicyclic) bond motifs is 2. The van der Waals surface area contributed by atoms with Crippen molar-refractivity contribution in [1.29, 1.82) is 0 Å². The zero-order valence-electron chi connectivity index (χ0n) is 13.3. The van der Waals surface area contributed by atoms with Gasteiger partial charge in [-0.1, -0.05) is 0 Å². The van der Waals surface area contributed by atoms with Gasteiger partial charge >= 0.3 is 13.8 Å². The van der Waals surface area contributed by atoms with Crippen LogP contribution in [-0.4, -0.2) is 63.6 Å². The third-order valence-electron chi connectivity index (χ3n) is 4.10. The van der Waals surface area contributed by atoms with Crippen LogP contribution >= 0.6 is 7.82 Å². The molecule has 0 radical (unpaired) electrons. The molecule has 2 aliphatic heterocycles. The van der Waals surface area contributed by atoms with Gasteiger partial charge in [0.25, 0.3) is 0 Å². The first-order chi connectivity index (χ1) is 11.9. The Bertz CT molecular complexity index is 860. The van der Waals surface area contributed by atoms with Crippen LogP contribution in [0.2, 0.25) is 0 Å². The molecule has 2 fully saturated rings. The number of anilines is 1. The summed E-state index contributed by atoms with van der Waals surface area (Å²) in [6.45, 7) is -0.0954. The fourth-order valence-corrected chi connectivity index (χ4v) is 3.95. The number of nitrogen functional groups attached to an aromatic ring is 1. The third kappa shape index (κ3) is 2.67. The Kier molecular flexibility index (Phi) is 3.90. The van der Waals surface area contributed by atoms with E-state index >= 15 is 0 Å². The van der Waals surface area contributed by atoms with E-state index in [4.69, 9.17) is 29.0 Å². The second-order valence-electron chi connectivity index (χ2n) is 5.52. The standard InChI is InChI=1S/C12H16N5O7P/c1-20-8-7-5(3-22-25(18,19)24-7)23-11(8)17-4-14-6-9(13)15-12(21-2)16-10(6)17/h4-5,7-8,11H,3H2,1-2H3,(H,18,19)(H2,13,15,16). The summed E-state index contributed by atoms with van der Waals surface area (Å²) in [4.78, 5) is 22.0. The third-order valence-corrected chi connectivity index (χ3v) is 5.08. The van der Waals surface area contributed by atoms with E-state index in [1.165, 1.54) is 20.5 Å². The Morgan fingerprint density at radius 3 is 2.96 bits per heavy atom. The normalized spacial score (nSPS) is 35.0. The minimum atomic E-state index is -4.13. The Balaban J connectivity index is 1.76. The predicted molar refractivity (Wildman–Crippen MR) is 81.6 cm³/mol. The topological polar surface area (TPSA) is 153 Å². The van der Waals surface area contributed by atoms with Crippen LogP contribution in [0.4, 0.5) is 5.82 Å². The van der Waals surface area contributed by atoms with E-state index in [1.54, 1.807) is 4.57 Å². The molecule has 2 aromatic rings. The fourth-order valence-electron chi connectivity index (χ4n) is 2.99. The largest absolute Gasteiger partial charge is 0.472 e. The lowest BCUT2D eigenvalue weighted by Crippen LogP contribution is -2.40. The van der Waals surface area contributed by atoms with E-state index in [-0.39, 0.29) is 18.4 Å². The minimum absolute atomic E-state index is 0.0792. The molecule has 3 N–H and O–H groups in total. The molecule has 0 aliphatic carbocycles. The second kappa shape index (κ2) is 5.87. The van der Waals surface area contributed by atoms with Gasteiger partial charge in [-0.05, 0) is 0 Å². The van der Waals surface area contributed by atoms with Crippen molar-refractivity contribution in [1.82, 2.24) is 19.5 Å². The van der Waals surface area contributed by atoms with Crippen molar-refractivity contribution in [3.8, 4) is 6.01 Å². The lowest BCUT2D eigenvalue weighted by molar-refractivity contribution is -0.0667. The van der Waals surface area contributed by atoms with Crippen LogP contribution in [0.5, 0.6) is 6.01 Å². The van der Waals surface area contributed by atoms with Gasteiger partial charge in [0.2, 0.25) is 0 Å². The molecule has 2 aromatic heterocycles. The smallest absolute Gasteiger partial charge is 0.467 e. The van der Waals surface area contributed by atoms with Crippen LogP contribution in [0.3, 0.4) is 0 Å². The van der Waals surface area contributed by atoms with Gasteiger partial charge in [0.15, 0.2) is 23.2 Å². The summed E-state index contributed by atoms with van der Waals surface area (Å²) in [7, 11) is -1.26. The molecule has 4 heterocycles. The highest BCUT2D eigenvalue weighted by Crippen LogP contribution is 2.53. The van der Waals surface area contributed by atoms with Crippen molar-refractivity contribution < 1.29 is 32.7 Å². The summed E-state index contributed by atoms with van der Waals surface area (Å²) in [5.74, 6) is 0.157. The zero-order chi connectivity index (χ0) is 17.8. The molecule has 5 atom stereocenters. The van der Waals surface area contributed by atoms with Crippen molar-refractivity contribution in [3.63, 3.8) is 0 Å². The van der Waals surface area contributed by atoms with Gasteiger partial charge in [-0.25, -0.2) is 9.55 Å². The molecule has 0 amide bonds. The molecule has 0 spiro atoms. The van der Waals surface area contributed by atoms with Gasteiger partial charge in [0.1, 0.15) is 18.3 Å². The number of nitrogens with two attached hydrogens (primary N) is 1. The minimum Gasteiger partial charge on any atom is -0.467 e. The van der Waals surface area contributed by atoms with E-state index in [0.29, 0.717) is 11.2 Å². The van der Waals surface area contributed by atoms with Gasteiger partial charge in [-0.2, -0.15) is 9.97 Å². The van der Waals surface area contributed by atoms with Crippen molar-refractivity contribution in [2.45, 2.75) is 24.5 Å². The number of phosphoric ester groups is 1. The number of imidazole rings is 1. The van der Waals surface area contributed by atoms with Gasteiger partial charge in [0.05, 0.1) is 20.0 Å². The molecule has 13 heteroatoms. The van der Waals surface area contributed by atoms with Gasteiger partial charge < -0.3 is 24.8 Å². The first kappa shape index (κ1) is 16.6. The zero-order valence-corrected chi connectivity index (χ0v) is 14.2. The Morgan fingerprint density at radius 2 is 2.24 bits per heavy atom. The van der Waals surface area contributed by atoms with Gasteiger partial charge in [-0.3, -0.25) is 13.6 Å². The molecule has 0 aromatic carbocycles. The summed E-state index contributed by atoms with van der Waals surface area (Å²) < 4.78 is 39.6. The maximum atomic E-state index is 11.7. The number of ether oxygens (including phenoxy) is 3.